The lowest BCUT2D eigenvalue weighted by Crippen LogP contribution is -2.27. The van der Waals surface area contributed by atoms with E-state index in [1.54, 1.807) is 69.3 Å². The first-order valence-corrected chi connectivity index (χ1v) is 9.88. The Morgan fingerprint density at radius 1 is 0.840 bits per heavy atom. The van der Waals surface area contributed by atoms with E-state index in [9.17, 15) is 8.42 Å². The molecule has 2 rings (SSSR count). The molecule has 0 heterocycles. The topological polar surface area (TPSA) is 58.2 Å². The van der Waals surface area contributed by atoms with Crippen LogP contribution in [0, 0.1) is 0 Å². The minimum absolute atomic E-state index is 0.333. The van der Waals surface area contributed by atoms with Crippen molar-refractivity contribution in [2.24, 2.45) is 0 Å². The Kier molecular flexibility index (Phi) is 6.03. The number of benzene rings is 2. The van der Waals surface area contributed by atoms with Gasteiger partial charge in [0.05, 0.1) is 10.2 Å². The average Bonchev–Trinajstić information content (AvgIpc) is 2.50. The fourth-order valence-corrected chi connectivity index (χ4v) is 2.83. The highest BCUT2D eigenvalue weighted by molar-refractivity contribution is 7.95. The van der Waals surface area contributed by atoms with Gasteiger partial charge in [0.2, 0.25) is 0 Å². The van der Waals surface area contributed by atoms with Crippen molar-refractivity contribution in [1.82, 2.24) is 0 Å². The summed E-state index contributed by atoms with van der Waals surface area (Å²) in [6.07, 6.45) is 0. The molecule has 0 atom stereocenters. The van der Waals surface area contributed by atoms with Gasteiger partial charge in [0.1, 0.15) is 5.82 Å². The molecule has 0 bridgehead atoms. The molecular formula is C18H20Cl2N2O2S. The predicted molar refractivity (Wildman–Crippen MR) is 107 cm³/mol. The van der Waals surface area contributed by atoms with Crippen molar-refractivity contribution < 1.29 is 8.42 Å². The molecule has 0 aliphatic heterocycles. The van der Waals surface area contributed by atoms with Gasteiger partial charge < -0.3 is 10.6 Å². The largest absolute Gasteiger partial charge is 0.341 e. The molecule has 0 aliphatic rings. The third-order valence-electron chi connectivity index (χ3n) is 3.37. The molecular weight excluding hydrogens is 379 g/mol. The lowest BCUT2D eigenvalue weighted by molar-refractivity contribution is 0.569. The van der Waals surface area contributed by atoms with Gasteiger partial charge in [-0.15, -0.1) is 0 Å². The number of hydrogen-bond donors (Lipinski definition) is 2. The van der Waals surface area contributed by atoms with Gasteiger partial charge in [0.25, 0.3) is 0 Å². The van der Waals surface area contributed by atoms with E-state index >= 15 is 0 Å². The van der Waals surface area contributed by atoms with E-state index in [1.807, 2.05) is 0 Å². The molecule has 2 aromatic rings. The van der Waals surface area contributed by atoms with Crippen LogP contribution in [-0.2, 0) is 9.84 Å². The van der Waals surface area contributed by atoms with Gasteiger partial charge in [-0.25, -0.2) is 8.42 Å². The molecule has 2 N–H and O–H groups in total. The van der Waals surface area contributed by atoms with Crippen molar-refractivity contribution in [3.05, 3.63) is 69.8 Å². The summed E-state index contributed by atoms with van der Waals surface area (Å²) in [6, 6.07) is 14.0. The fourth-order valence-electron chi connectivity index (χ4n) is 1.80. The van der Waals surface area contributed by atoms with Gasteiger partial charge in [-0.05, 0) is 69.3 Å². The van der Waals surface area contributed by atoms with E-state index < -0.39 is 14.6 Å². The summed E-state index contributed by atoms with van der Waals surface area (Å²) >= 11 is 11.8. The molecule has 25 heavy (non-hydrogen) atoms. The Morgan fingerprint density at radius 3 is 1.52 bits per heavy atom. The second kappa shape index (κ2) is 7.68. The van der Waals surface area contributed by atoms with Crippen molar-refractivity contribution in [2.45, 2.75) is 25.5 Å². The molecule has 0 unspecified atom stereocenters. The molecule has 0 amide bonds. The Bertz CT molecular complexity index is 804. The molecule has 0 aromatic heterocycles. The number of halogens is 2. The minimum atomic E-state index is -3.49. The van der Waals surface area contributed by atoms with Crippen LogP contribution in [0.3, 0.4) is 0 Å². The van der Waals surface area contributed by atoms with Crippen LogP contribution in [0.5, 0.6) is 0 Å². The van der Waals surface area contributed by atoms with Crippen LogP contribution in [0.25, 0.3) is 0 Å². The van der Waals surface area contributed by atoms with Gasteiger partial charge in [-0.1, -0.05) is 23.2 Å². The van der Waals surface area contributed by atoms with Crippen LogP contribution in [0.1, 0.15) is 20.8 Å². The van der Waals surface area contributed by atoms with Crippen LogP contribution >= 0.6 is 23.2 Å². The maximum absolute atomic E-state index is 12.6. The Morgan fingerprint density at radius 2 is 1.20 bits per heavy atom. The van der Waals surface area contributed by atoms with E-state index in [0.717, 1.165) is 0 Å². The van der Waals surface area contributed by atoms with Gasteiger partial charge in [0.15, 0.2) is 9.84 Å². The normalized spacial score (nSPS) is 11.7. The zero-order valence-corrected chi connectivity index (χ0v) is 16.5. The molecule has 0 fully saturated rings. The quantitative estimate of drug-likeness (QED) is 0.694. The van der Waals surface area contributed by atoms with Crippen LogP contribution < -0.4 is 10.6 Å². The second-order valence-electron chi connectivity index (χ2n) is 6.45. The Balaban J connectivity index is 2.36. The van der Waals surface area contributed by atoms with E-state index in [2.05, 4.69) is 10.6 Å². The summed E-state index contributed by atoms with van der Waals surface area (Å²) in [7, 11) is -3.49. The molecule has 7 heteroatoms. The first-order valence-electron chi connectivity index (χ1n) is 7.58. The molecule has 4 nitrogen and oxygen atoms in total. The van der Waals surface area contributed by atoms with Gasteiger partial charge in [-0.2, -0.15) is 0 Å². The second-order valence-corrected chi connectivity index (χ2v) is 9.88. The summed E-state index contributed by atoms with van der Waals surface area (Å²) in [5.41, 5.74) is 1.42. The van der Waals surface area contributed by atoms with Crippen LogP contribution in [0.2, 0.25) is 10.0 Å². The van der Waals surface area contributed by atoms with Crippen molar-refractivity contribution in [2.75, 3.05) is 10.6 Å². The number of hydrogen-bond acceptors (Lipinski definition) is 4. The van der Waals surface area contributed by atoms with Gasteiger partial charge in [0, 0.05) is 21.4 Å². The highest BCUT2D eigenvalue weighted by Crippen LogP contribution is 2.22. The first kappa shape index (κ1) is 19.6. The minimum Gasteiger partial charge on any atom is -0.341 e. The zero-order valence-electron chi connectivity index (χ0n) is 14.2. The lowest BCUT2D eigenvalue weighted by Gasteiger charge is -2.19. The maximum atomic E-state index is 12.6. The molecule has 0 spiro atoms. The summed E-state index contributed by atoms with van der Waals surface area (Å²) in [4.78, 5) is 0. The van der Waals surface area contributed by atoms with Crippen LogP contribution in [0.15, 0.2) is 59.8 Å². The molecule has 0 saturated carbocycles. The first-order chi connectivity index (χ1) is 11.6. The van der Waals surface area contributed by atoms with Crippen molar-refractivity contribution in [3.63, 3.8) is 0 Å². The monoisotopic (exact) mass is 398 g/mol. The molecule has 0 aliphatic carbocycles. The molecule has 2 aromatic carbocycles. The maximum Gasteiger partial charge on any atom is 0.180 e. The van der Waals surface area contributed by atoms with Crippen LogP contribution in [0.4, 0.5) is 11.4 Å². The standard InChI is InChI=1S/C18H20Cl2N2O2S/c1-18(2,3)25(23,24)12-17(21-15-8-4-13(19)5-9-15)22-16-10-6-14(20)7-11-16/h4-12,21-22H,1-3H3. The van der Waals surface area contributed by atoms with E-state index in [1.165, 1.54) is 5.41 Å². The van der Waals surface area contributed by atoms with Gasteiger partial charge in [-0.3, -0.25) is 0 Å². The summed E-state index contributed by atoms with van der Waals surface area (Å²) in [5, 5.41) is 8.56. The smallest absolute Gasteiger partial charge is 0.180 e. The number of rotatable bonds is 5. The third-order valence-corrected chi connectivity index (χ3v) is 6.13. The number of sulfone groups is 1. The molecule has 134 valence electrons. The van der Waals surface area contributed by atoms with E-state index in [4.69, 9.17) is 23.2 Å². The average molecular weight is 399 g/mol. The SMILES string of the molecule is CC(C)(C)S(=O)(=O)C=C(Nc1ccc(Cl)cc1)Nc1ccc(Cl)cc1. The third kappa shape index (κ3) is 5.66. The van der Waals surface area contributed by atoms with Crippen LogP contribution in [-0.4, -0.2) is 13.2 Å². The zero-order chi connectivity index (χ0) is 18.7. The van der Waals surface area contributed by atoms with Crippen molar-refractivity contribution in [3.8, 4) is 0 Å². The lowest BCUT2D eigenvalue weighted by atomic mass is 10.3. The van der Waals surface area contributed by atoms with E-state index in [-0.39, 0.29) is 0 Å². The fraction of sp³-hybridized carbons (Fsp3) is 0.222. The number of anilines is 2. The Labute approximate surface area is 158 Å². The van der Waals surface area contributed by atoms with E-state index in [0.29, 0.717) is 27.2 Å². The van der Waals surface area contributed by atoms with Crippen molar-refractivity contribution in [1.29, 1.82) is 0 Å². The van der Waals surface area contributed by atoms with Crippen molar-refractivity contribution >= 4 is 44.4 Å². The summed E-state index contributed by atoms with van der Waals surface area (Å²) in [5.74, 6) is 0.333. The highest BCUT2D eigenvalue weighted by atomic mass is 35.5. The van der Waals surface area contributed by atoms with Gasteiger partial charge >= 0.3 is 0 Å². The predicted octanol–water partition coefficient (Wildman–Crippen LogP) is 5.53. The molecule has 0 radical (unpaired) electrons. The summed E-state index contributed by atoms with van der Waals surface area (Å²) < 4.78 is 24.2. The number of nitrogens with one attached hydrogen (secondary N) is 2. The Hall–Kier alpha value is -1.69. The molecule has 0 saturated heterocycles. The highest BCUT2D eigenvalue weighted by Gasteiger charge is 2.27. The summed E-state index contributed by atoms with van der Waals surface area (Å²) in [6.45, 7) is 4.96.